The number of hydrogen-bond donors (Lipinski definition) is 1. The van der Waals surface area contributed by atoms with Gasteiger partial charge in [0, 0.05) is 44.5 Å². The van der Waals surface area contributed by atoms with Crippen LogP contribution in [0.2, 0.25) is 0 Å². The molecule has 0 bridgehead atoms. The molecule has 3 aromatic rings. The van der Waals surface area contributed by atoms with Gasteiger partial charge in [-0.05, 0) is 17.9 Å². The van der Waals surface area contributed by atoms with E-state index in [-0.39, 0.29) is 53.3 Å². The minimum atomic E-state index is -5.19. The molecule has 4 rings (SSSR count). The van der Waals surface area contributed by atoms with E-state index in [9.17, 15) is 35.5 Å². The summed E-state index contributed by atoms with van der Waals surface area (Å²) in [4.78, 5) is 10.7. The number of aromatic hydroxyl groups is 1. The van der Waals surface area contributed by atoms with E-state index in [4.69, 9.17) is 0 Å². The van der Waals surface area contributed by atoms with Crippen LogP contribution in [0.25, 0.3) is 22.3 Å². The third-order valence-corrected chi connectivity index (χ3v) is 7.59. The summed E-state index contributed by atoms with van der Waals surface area (Å²) in [6.07, 6.45) is -2.16. The molecule has 1 aliphatic rings. The van der Waals surface area contributed by atoms with Gasteiger partial charge >= 0.3 is 6.18 Å². The lowest BCUT2D eigenvalue weighted by atomic mass is 9.87. The van der Waals surface area contributed by atoms with E-state index in [2.05, 4.69) is 15.1 Å². The van der Waals surface area contributed by atoms with Gasteiger partial charge in [-0.15, -0.1) is 0 Å². The van der Waals surface area contributed by atoms with Gasteiger partial charge in [0.25, 0.3) is 0 Å². The molecule has 0 radical (unpaired) electrons. The van der Waals surface area contributed by atoms with Crippen molar-refractivity contribution in [3.8, 4) is 17.0 Å². The van der Waals surface area contributed by atoms with E-state index < -0.39 is 44.7 Å². The number of halogens is 5. The summed E-state index contributed by atoms with van der Waals surface area (Å²) in [5.74, 6) is -5.23. The highest BCUT2D eigenvalue weighted by atomic mass is 32.2. The normalized spacial score (nSPS) is 17.9. The van der Waals surface area contributed by atoms with Gasteiger partial charge in [-0.2, -0.15) is 27.6 Å². The van der Waals surface area contributed by atoms with Crippen LogP contribution in [-0.2, 0) is 23.2 Å². The molecule has 208 valence electrons. The second kappa shape index (κ2) is 9.29. The SMILES string of the molecule is Cn1nc(-c2cc(C(F)(F)F)c(F)c(O)c2F)c2cnc(N3CCN(S(C)(=O)=O)C[C@H]3CC(C)(C)C)nc21. The average Bonchev–Trinajstić information content (AvgIpc) is 3.10. The van der Waals surface area contributed by atoms with Gasteiger partial charge in [0.1, 0.15) is 5.69 Å². The summed E-state index contributed by atoms with van der Waals surface area (Å²) >= 11 is 0. The van der Waals surface area contributed by atoms with Crippen LogP contribution >= 0.6 is 0 Å². The van der Waals surface area contributed by atoms with Gasteiger partial charge in [-0.1, -0.05) is 20.8 Å². The van der Waals surface area contributed by atoms with E-state index in [1.54, 1.807) is 0 Å². The third kappa shape index (κ3) is 5.25. The number of phenols is 1. The van der Waals surface area contributed by atoms with Crippen molar-refractivity contribution in [2.24, 2.45) is 12.5 Å². The number of nitrogens with zero attached hydrogens (tertiary/aromatic N) is 6. The van der Waals surface area contributed by atoms with Gasteiger partial charge in [0.05, 0.1) is 17.2 Å². The summed E-state index contributed by atoms with van der Waals surface area (Å²) in [5, 5.41) is 13.9. The van der Waals surface area contributed by atoms with Gasteiger partial charge in [0.2, 0.25) is 16.0 Å². The average molecular weight is 563 g/mol. The lowest BCUT2D eigenvalue weighted by molar-refractivity contribution is -0.140. The number of fused-ring (bicyclic) bond motifs is 1. The molecule has 1 aliphatic heterocycles. The maximum atomic E-state index is 14.8. The van der Waals surface area contributed by atoms with Crippen LogP contribution < -0.4 is 4.90 Å². The topological polar surface area (TPSA) is 104 Å². The van der Waals surface area contributed by atoms with E-state index in [1.165, 1.54) is 22.2 Å². The summed E-state index contributed by atoms with van der Waals surface area (Å²) in [6, 6.07) is -0.0198. The first kappa shape index (κ1) is 28.0. The van der Waals surface area contributed by atoms with Gasteiger partial charge in [-0.3, -0.25) is 0 Å². The van der Waals surface area contributed by atoms with E-state index in [0.29, 0.717) is 13.0 Å². The van der Waals surface area contributed by atoms with Crippen LogP contribution in [0.1, 0.15) is 32.8 Å². The molecule has 9 nitrogen and oxygen atoms in total. The highest BCUT2D eigenvalue weighted by Gasteiger charge is 2.39. The van der Waals surface area contributed by atoms with E-state index >= 15 is 0 Å². The van der Waals surface area contributed by atoms with Gasteiger partial charge in [0.15, 0.2) is 23.0 Å². The van der Waals surface area contributed by atoms with Crippen molar-refractivity contribution in [2.75, 3.05) is 30.8 Å². The molecule has 3 heterocycles. The minimum absolute atomic E-state index is 0.0800. The molecular formula is C23H27F5N6O3S. The predicted octanol–water partition coefficient (Wildman–Crippen LogP) is 3.92. The fourth-order valence-corrected chi connectivity index (χ4v) is 5.50. The van der Waals surface area contributed by atoms with Crippen molar-refractivity contribution in [3.63, 3.8) is 0 Å². The largest absolute Gasteiger partial charge is 0.503 e. The Bertz CT molecular complexity index is 1500. The monoisotopic (exact) mass is 562 g/mol. The Kier molecular flexibility index (Phi) is 6.83. The quantitative estimate of drug-likeness (QED) is 0.481. The molecule has 1 saturated heterocycles. The molecule has 38 heavy (non-hydrogen) atoms. The molecule has 0 saturated carbocycles. The zero-order valence-electron chi connectivity index (χ0n) is 21.3. The number of piperazine rings is 1. The molecule has 15 heteroatoms. The molecule has 0 spiro atoms. The second-order valence-electron chi connectivity index (χ2n) is 10.6. The molecule has 0 aliphatic carbocycles. The maximum Gasteiger partial charge on any atom is 0.419 e. The first-order valence-electron chi connectivity index (χ1n) is 11.6. The molecule has 2 aromatic heterocycles. The summed E-state index contributed by atoms with van der Waals surface area (Å²) < 4.78 is 95.7. The number of rotatable bonds is 4. The van der Waals surface area contributed by atoms with E-state index in [0.717, 1.165) is 6.26 Å². The lowest BCUT2D eigenvalue weighted by Crippen LogP contribution is -2.56. The first-order valence-corrected chi connectivity index (χ1v) is 13.4. The second-order valence-corrected chi connectivity index (χ2v) is 12.5. The Balaban J connectivity index is 1.80. The molecule has 1 fully saturated rings. The van der Waals surface area contributed by atoms with Crippen LogP contribution in [0.15, 0.2) is 12.3 Å². The van der Waals surface area contributed by atoms with Crippen molar-refractivity contribution in [2.45, 2.75) is 39.4 Å². The van der Waals surface area contributed by atoms with Crippen molar-refractivity contribution in [3.05, 3.63) is 29.5 Å². The number of sulfonamides is 1. The third-order valence-electron chi connectivity index (χ3n) is 6.32. The Hall–Kier alpha value is -3.07. The molecule has 1 N–H and O–H groups in total. The molecule has 0 unspecified atom stereocenters. The smallest absolute Gasteiger partial charge is 0.419 e. The number of aromatic nitrogens is 4. The van der Waals surface area contributed by atoms with Crippen molar-refractivity contribution < 1.29 is 35.5 Å². The number of alkyl halides is 3. The fourth-order valence-electron chi connectivity index (χ4n) is 4.64. The number of benzene rings is 1. The molecule has 0 amide bonds. The van der Waals surface area contributed by atoms with Crippen molar-refractivity contribution in [1.29, 1.82) is 0 Å². The van der Waals surface area contributed by atoms with Crippen LogP contribution in [0.3, 0.4) is 0 Å². The molecule has 1 aromatic carbocycles. The number of aryl methyl sites for hydroxylation is 1. The van der Waals surface area contributed by atoms with Gasteiger partial charge < -0.3 is 10.0 Å². The zero-order chi connectivity index (χ0) is 28.4. The first-order chi connectivity index (χ1) is 17.4. The summed E-state index contributed by atoms with van der Waals surface area (Å²) in [6.45, 7) is 6.77. The predicted molar refractivity (Wildman–Crippen MR) is 130 cm³/mol. The van der Waals surface area contributed by atoms with Crippen molar-refractivity contribution >= 4 is 27.0 Å². The van der Waals surface area contributed by atoms with E-state index in [1.807, 2.05) is 25.7 Å². The van der Waals surface area contributed by atoms with Crippen LogP contribution in [0, 0.1) is 17.0 Å². The van der Waals surface area contributed by atoms with Crippen LogP contribution in [0.4, 0.5) is 27.9 Å². The molecular weight excluding hydrogens is 535 g/mol. The number of phenolic OH excluding ortho intramolecular Hbond substituents is 1. The Morgan fingerprint density at radius 1 is 1.13 bits per heavy atom. The summed E-state index contributed by atoms with van der Waals surface area (Å²) in [7, 11) is -1.98. The number of anilines is 1. The fraction of sp³-hybridized carbons (Fsp3) is 0.522. The highest BCUT2D eigenvalue weighted by Crippen LogP contribution is 2.41. The Morgan fingerprint density at radius 3 is 2.37 bits per heavy atom. The Morgan fingerprint density at radius 2 is 1.79 bits per heavy atom. The number of hydrogen-bond acceptors (Lipinski definition) is 7. The van der Waals surface area contributed by atoms with Crippen molar-refractivity contribution in [1.82, 2.24) is 24.1 Å². The standard InChI is InChI=1S/C23H27F5N6O3S/c1-22(2,3)9-12-11-33(38(5,36)37)6-7-34(12)21-29-10-14-18(31-32(4)20(14)30-21)13-8-15(23(26,27)28)17(25)19(35)16(13)24/h8,10,12,35H,6-7,9,11H2,1-5H3/t12-/m1/s1. The minimum Gasteiger partial charge on any atom is -0.503 e. The zero-order valence-corrected chi connectivity index (χ0v) is 22.1. The summed E-state index contributed by atoms with van der Waals surface area (Å²) in [5.41, 5.74) is -2.91. The maximum absolute atomic E-state index is 14.8. The van der Waals surface area contributed by atoms with Crippen LogP contribution in [0.5, 0.6) is 5.75 Å². The lowest BCUT2D eigenvalue weighted by Gasteiger charge is -2.42. The highest BCUT2D eigenvalue weighted by molar-refractivity contribution is 7.88. The van der Waals surface area contributed by atoms with Gasteiger partial charge in [-0.25, -0.2) is 26.9 Å². The Labute approximate surface area is 215 Å². The molecule has 1 atom stereocenters. The van der Waals surface area contributed by atoms with Crippen LogP contribution in [-0.4, -0.2) is 69.5 Å².